The van der Waals surface area contributed by atoms with Crippen molar-refractivity contribution in [2.45, 2.75) is 36.6 Å². The second-order valence-electron chi connectivity index (χ2n) is 3.14. The summed E-state index contributed by atoms with van der Waals surface area (Å²) in [5.41, 5.74) is 0. The predicted octanol–water partition coefficient (Wildman–Crippen LogP) is 4.67. The van der Waals surface area contributed by atoms with E-state index in [4.69, 9.17) is 0 Å². The van der Waals surface area contributed by atoms with Gasteiger partial charge in [0.1, 0.15) is 0 Å². The first kappa shape index (κ1) is 26.7. The fraction of sp³-hybridized carbons (Fsp3) is 1.00. The first-order valence-corrected chi connectivity index (χ1v) is 4.02. The minimum absolute atomic E-state index is 0. The zero-order chi connectivity index (χ0) is 19.0. The summed E-state index contributed by atoms with van der Waals surface area (Å²) >= 11 is 0. The Bertz CT molecular complexity index is 283. The van der Waals surface area contributed by atoms with Gasteiger partial charge in [0.2, 0.25) is 0 Å². The topological polar surface area (TPSA) is 31.5 Å². The molecule has 1 nitrogen and oxygen atoms in total. The molecule has 2 N–H and O–H groups in total. The van der Waals surface area contributed by atoms with Gasteiger partial charge in [-0.05, 0) is 0 Å². The number of halogens is 16. The molecule has 0 unspecified atom stereocenters. The highest BCUT2D eigenvalue weighted by atomic mass is 19.5. The molecule has 144 valence electrons. The molecule has 0 fully saturated rings. The van der Waals surface area contributed by atoms with Gasteiger partial charge in [-0.15, -0.1) is 0 Å². The summed E-state index contributed by atoms with van der Waals surface area (Å²) in [6.45, 7) is 0. The molecule has 0 atom stereocenters. The third kappa shape index (κ3) is 6.09. The fourth-order valence-corrected chi connectivity index (χ4v) is 0.321. The monoisotopic (exact) mass is 394 g/mol. The Balaban J connectivity index is -0.000000333. The van der Waals surface area contributed by atoms with Crippen LogP contribution in [0.2, 0.25) is 0 Å². The lowest BCUT2D eigenvalue weighted by Crippen LogP contribution is -2.49. The van der Waals surface area contributed by atoms with E-state index >= 15 is 0 Å². The molecule has 0 radical (unpaired) electrons. The summed E-state index contributed by atoms with van der Waals surface area (Å²) in [6, 6.07) is 0. The molecule has 0 saturated heterocycles. The van der Waals surface area contributed by atoms with Gasteiger partial charge in [0.05, 0.1) is 0 Å². The molecule has 0 bridgehead atoms. The molecule has 0 spiro atoms. The standard InChI is InChI=1S/2C3F8.H2O/c2*4-1(5,2(6,7)8)3(9,10)11;/h;;1H2. The highest BCUT2D eigenvalue weighted by Gasteiger charge is 2.75. The molecule has 0 aliphatic rings. The Labute approximate surface area is 114 Å². The van der Waals surface area contributed by atoms with E-state index in [1.807, 2.05) is 0 Å². The van der Waals surface area contributed by atoms with E-state index in [2.05, 4.69) is 0 Å². The van der Waals surface area contributed by atoms with Crippen molar-refractivity contribution in [2.24, 2.45) is 0 Å². The van der Waals surface area contributed by atoms with Gasteiger partial charge in [0, 0.05) is 0 Å². The van der Waals surface area contributed by atoms with Crippen molar-refractivity contribution in [3.05, 3.63) is 0 Å². The zero-order valence-corrected chi connectivity index (χ0v) is 9.55. The van der Waals surface area contributed by atoms with Crippen LogP contribution >= 0.6 is 0 Å². The molecular formula is C6H2F16O. The Hall–Kier alpha value is -1.16. The highest BCUT2D eigenvalue weighted by Crippen LogP contribution is 2.47. The molecule has 0 amide bonds. The molecule has 0 rings (SSSR count). The Morgan fingerprint density at radius 2 is 0.348 bits per heavy atom. The number of hydrogen-bond acceptors (Lipinski definition) is 0. The van der Waals surface area contributed by atoms with Gasteiger partial charge < -0.3 is 5.48 Å². The SMILES string of the molecule is FC(F)(F)C(F)(F)C(F)(F)F.FC(F)(F)C(F)(F)C(F)(F)F.O. The summed E-state index contributed by atoms with van der Waals surface area (Å²) in [5, 5.41) is 0. The lowest BCUT2D eigenvalue weighted by molar-refractivity contribution is -0.389. The molecule has 0 aromatic carbocycles. The quantitative estimate of drug-likeness (QED) is 0.535. The molecule has 0 aromatic heterocycles. The van der Waals surface area contributed by atoms with Gasteiger partial charge >= 0.3 is 36.6 Å². The number of hydrogen-bond donors (Lipinski definition) is 0. The van der Waals surface area contributed by atoms with E-state index in [-0.39, 0.29) is 5.48 Å². The van der Waals surface area contributed by atoms with Gasteiger partial charge in [0.25, 0.3) is 0 Å². The van der Waals surface area contributed by atoms with Crippen molar-refractivity contribution < 1.29 is 75.7 Å². The van der Waals surface area contributed by atoms with Gasteiger partial charge in [-0.1, -0.05) is 0 Å². The van der Waals surface area contributed by atoms with Crippen LogP contribution in [0.15, 0.2) is 0 Å². The van der Waals surface area contributed by atoms with Crippen molar-refractivity contribution in [3.63, 3.8) is 0 Å². The van der Waals surface area contributed by atoms with E-state index < -0.39 is 36.6 Å². The van der Waals surface area contributed by atoms with Gasteiger partial charge in [-0.2, -0.15) is 70.2 Å². The minimum Gasteiger partial charge on any atom is -0.412 e. The summed E-state index contributed by atoms with van der Waals surface area (Å²) < 4.78 is 175. The van der Waals surface area contributed by atoms with Gasteiger partial charge in [-0.25, -0.2) is 0 Å². The first-order chi connectivity index (χ1) is 9.00. The van der Waals surface area contributed by atoms with E-state index in [0.29, 0.717) is 0 Å². The van der Waals surface area contributed by atoms with Crippen molar-refractivity contribution in [1.29, 1.82) is 0 Å². The van der Waals surface area contributed by atoms with Gasteiger partial charge in [0.15, 0.2) is 0 Å². The lowest BCUT2D eigenvalue weighted by Gasteiger charge is -2.21. The molecule has 0 heterocycles. The van der Waals surface area contributed by atoms with E-state index in [1.54, 1.807) is 0 Å². The third-order valence-corrected chi connectivity index (χ3v) is 1.42. The van der Waals surface area contributed by atoms with E-state index in [0.717, 1.165) is 0 Å². The third-order valence-electron chi connectivity index (χ3n) is 1.42. The largest absolute Gasteiger partial charge is 0.463 e. The molecule has 0 aliphatic heterocycles. The normalized spacial score (nSPS) is 14.6. The van der Waals surface area contributed by atoms with Crippen molar-refractivity contribution in [3.8, 4) is 0 Å². The van der Waals surface area contributed by atoms with Crippen LogP contribution < -0.4 is 0 Å². The molecule has 17 heteroatoms. The second-order valence-corrected chi connectivity index (χ2v) is 3.14. The van der Waals surface area contributed by atoms with Crippen LogP contribution in [0.3, 0.4) is 0 Å². The highest BCUT2D eigenvalue weighted by molar-refractivity contribution is 4.84. The van der Waals surface area contributed by atoms with Crippen LogP contribution in [-0.2, 0) is 0 Å². The Morgan fingerprint density at radius 3 is 0.348 bits per heavy atom. The first-order valence-electron chi connectivity index (χ1n) is 4.02. The average Bonchev–Trinajstić information content (AvgIpc) is 2.10. The summed E-state index contributed by atoms with van der Waals surface area (Å²) in [7, 11) is 0. The van der Waals surface area contributed by atoms with E-state index in [9.17, 15) is 70.2 Å². The van der Waals surface area contributed by atoms with Crippen LogP contribution in [0.25, 0.3) is 0 Å². The maximum Gasteiger partial charge on any atom is 0.463 e. The number of alkyl halides is 16. The Kier molecular flexibility index (Phi) is 7.85. The minimum atomic E-state index is -6.62. The maximum absolute atomic E-state index is 11.2. The zero-order valence-electron chi connectivity index (χ0n) is 9.55. The van der Waals surface area contributed by atoms with Crippen molar-refractivity contribution in [1.82, 2.24) is 0 Å². The van der Waals surface area contributed by atoms with Crippen molar-refractivity contribution >= 4 is 0 Å². The van der Waals surface area contributed by atoms with Crippen LogP contribution in [0.5, 0.6) is 0 Å². The van der Waals surface area contributed by atoms with Crippen molar-refractivity contribution in [2.75, 3.05) is 0 Å². The van der Waals surface area contributed by atoms with Crippen LogP contribution in [-0.4, -0.2) is 42.0 Å². The van der Waals surface area contributed by atoms with Crippen LogP contribution in [0, 0.1) is 0 Å². The molecule has 0 aromatic rings. The molecular weight excluding hydrogens is 392 g/mol. The van der Waals surface area contributed by atoms with E-state index in [1.165, 1.54) is 0 Å². The molecule has 0 aliphatic carbocycles. The number of rotatable bonds is 0. The summed E-state index contributed by atoms with van der Waals surface area (Å²) in [6.07, 6.45) is -26.3. The fourth-order valence-electron chi connectivity index (χ4n) is 0.321. The Morgan fingerprint density at radius 1 is 0.261 bits per heavy atom. The second kappa shape index (κ2) is 6.76. The molecule has 23 heavy (non-hydrogen) atoms. The summed E-state index contributed by atoms with van der Waals surface area (Å²) in [4.78, 5) is 0. The van der Waals surface area contributed by atoms with Crippen LogP contribution in [0.4, 0.5) is 70.2 Å². The smallest absolute Gasteiger partial charge is 0.412 e. The average molecular weight is 394 g/mol. The van der Waals surface area contributed by atoms with Gasteiger partial charge in [-0.3, -0.25) is 0 Å². The summed E-state index contributed by atoms with van der Waals surface area (Å²) in [5.74, 6) is -13.2. The maximum atomic E-state index is 11.2. The van der Waals surface area contributed by atoms with Crippen LogP contribution in [0.1, 0.15) is 0 Å². The molecule has 0 saturated carbocycles. The lowest BCUT2D eigenvalue weighted by atomic mass is 10.3. The predicted molar refractivity (Wildman–Crippen MR) is 37.7 cm³/mol.